The van der Waals surface area contributed by atoms with Gasteiger partial charge in [0.1, 0.15) is 17.0 Å². The van der Waals surface area contributed by atoms with Gasteiger partial charge in [0.05, 0.1) is 0 Å². The van der Waals surface area contributed by atoms with Crippen LogP contribution in [0.5, 0.6) is 5.75 Å². The molecule has 0 spiro atoms. The van der Waals surface area contributed by atoms with Crippen LogP contribution >= 0.6 is 0 Å². The van der Waals surface area contributed by atoms with Crippen LogP contribution in [0.1, 0.15) is 47.1 Å². The highest BCUT2D eigenvalue weighted by Gasteiger charge is 2.16. The van der Waals surface area contributed by atoms with Crippen molar-refractivity contribution in [2.45, 2.75) is 59.3 Å². The molecule has 1 aromatic rings. The second kappa shape index (κ2) is 8.20. The molecule has 1 amide bonds. The third-order valence-electron chi connectivity index (χ3n) is 2.67. The lowest BCUT2D eigenvalue weighted by molar-refractivity contribution is 0.0528. The number of rotatable bonds is 6. The average Bonchev–Trinajstić information content (AvgIpc) is 2.36. The van der Waals surface area contributed by atoms with E-state index < -0.39 is 11.7 Å². The highest BCUT2D eigenvalue weighted by Crippen LogP contribution is 2.22. The van der Waals surface area contributed by atoms with Gasteiger partial charge in [-0.1, -0.05) is 18.2 Å². The Morgan fingerprint density at radius 1 is 1.00 bits per heavy atom. The third-order valence-corrected chi connectivity index (χ3v) is 2.67. The van der Waals surface area contributed by atoms with Gasteiger partial charge in [-0.3, -0.25) is 0 Å². The Morgan fingerprint density at radius 2 is 1.65 bits per heavy atom. The van der Waals surface area contributed by atoms with Gasteiger partial charge in [-0.2, -0.15) is 0 Å². The summed E-state index contributed by atoms with van der Waals surface area (Å²) in [5.41, 5.74) is 0.398. The normalized spacial score (nSPS) is 11.9. The maximum absolute atomic E-state index is 11.5. The molecule has 0 fully saturated rings. The van der Waals surface area contributed by atoms with Crippen LogP contribution in [0.15, 0.2) is 24.3 Å². The number of alkyl carbamates (subject to hydrolysis) is 1. The summed E-state index contributed by atoms with van der Waals surface area (Å²) in [6.07, 6.45) is -0.393. The lowest BCUT2D eigenvalue weighted by Crippen LogP contribution is -2.36. The summed E-state index contributed by atoms with van der Waals surface area (Å²) in [7, 11) is 0. The van der Waals surface area contributed by atoms with Crippen molar-refractivity contribution in [2.24, 2.45) is 0 Å². The molecule has 0 unspecified atom stereocenters. The van der Waals surface area contributed by atoms with Crippen molar-refractivity contribution in [1.82, 2.24) is 10.6 Å². The molecule has 0 heterocycles. The minimum Gasteiger partial charge on any atom is -0.488 e. The molecule has 5 heteroatoms. The molecular formula is C18H30N2O3. The second-order valence-electron chi connectivity index (χ2n) is 7.43. The number of benzene rings is 1. The van der Waals surface area contributed by atoms with E-state index in [9.17, 15) is 4.79 Å². The molecule has 1 aromatic carbocycles. The van der Waals surface area contributed by atoms with Gasteiger partial charge >= 0.3 is 6.09 Å². The molecule has 130 valence electrons. The van der Waals surface area contributed by atoms with E-state index in [2.05, 4.69) is 10.6 Å². The minimum atomic E-state index is -0.471. The molecular weight excluding hydrogens is 292 g/mol. The summed E-state index contributed by atoms with van der Waals surface area (Å²) in [5.74, 6) is 0.882. The first-order chi connectivity index (χ1) is 10.6. The largest absolute Gasteiger partial charge is 0.488 e. The van der Waals surface area contributed by atoms with Gasteiger partial charge in [0.25, 0.3) is 0 Å². The highest BCUT2D eigenvalue weighted by atomic mass is 16.6. The summed E-state index contributed by atoms with van der Waals surface area (Å²) in [6.45, 7) is 13.5. The summed E-state index contributed by atoms with van der Waals surface area (Å²) in [4.78, 5) is 11.5. The lowest BCUT2D eigenvalue weighted by Gasteiger charge is -2.23. The second-order valence-corrected chi connectivity index (χ2v) is 7.43. The monoisotopic (exact) mass is 322 g/mol. The zero-order valence-electron chi connectivity index (χ0n) is 15.2. The maximum atomic E-state index is 11.5. The number of hydrogen-bond acceptors (Lipinski definition) is 4. The van der Waals surface area contributed by atoms with E-state index in [-0.39, 0.29) is 5.60 Å². The Hall–Kier alpha value is -1.75. The molecule has 0 radical (unpaired) electrons. The highest BCUT2D eigenvalue weighted by molar-refractivity contribution is 5.67. The van der Waals surface area contributed by atoms with Gasteiger partial charge < -0.3 is 20.1 Å². The number of carbonyl (C=O) groups is 1. The molecule has 5 nitrogen and oxygen atoms in total. The van der Waals surface area contributed by atoms with Crippen LogP contribution in [0.25, 0.3) is 0 Å². The van der Waals surface area contributed by atoms with Gasteiger partial charge in [0, 0.05) is 25.2 Å². The van der Waals surface area contributed by atoms with E-state index in [1.165, 1.54) is 0 Å². The van der Waals surface area contributed by atoms with E-state index in [1.807, 2.05) is 65.8 Å². The Labute approximate surface area is 139 Å². The number of ether oxygens (including phenoxy) is 2. The number of nitrogens with one attached hydrogen (secondary N) is 2. The number of carbonyl (C=O) groups excluding carboxylic acids is 1. The van der Waals surface area contributed by atoms with E-state index >= 15 is 0 Å². The average molecular weight is 322 g/mol. The van der Waals surface area contributed by atoms with Crippen molar-refractivity contribution >= 4 is 6.09 Å². The Kier molecular flexibility index (Phi) is 6.88. The first-order valence-electron chi connectivity index (χ1n) is 8.01. The van der Waals surface area contributed by atoms with Crippen LogP contribution in [-0.2, 0) is 11.3 Å². The standard InChI is InChI=1S/C18H30N2O3/c1-17(2,3)22-15-10-8-7-9-14(15)13-19-11-12-20-16(21)23-18(4,5)6/h7-10,19H,11-13H2,1-6H3,(H,20,21). The predicted molar refractivity (Wildman–Crippen MR) is 92.8 cm³/mol. The molecule has 0 saturated heterocycles. The molecule has 1 rings (SSSR count). The van der Waals surface area contributed by atoms with Crippen LogP contribution in [-0.4, -0.2) is 30.4 Å². The quantitative estimate of drug-likeness (QED) is 0.787. The lowest BCUT2D eigenvalue weighted by atomic mass is 10.1. The van der Waals surface area contributed by atoms with Crippen molar-refractivity contribution < 1.29 is 14.3 Å². The van der Waals surface area contributed by atoms with E-state index in [4.69, 9.17) is 9.47 Å². The van der Waals surface area contributed by atoms with Crippen LogP contribution in [0.3, 0.4) is 0 Å². The summed E-state index contributed by atoms with van der Waals surface area (Å²) >= 11 is 0. The topological polar surface area (TPSA) is 59.6 Å². The zero-order valence-corrected chi connectivity index (χ0v) is 15.2. The van der Waals surface area contributed by atoms with E-state index in [0.29, 0.717) is 19.6 Å². The van der Waals surface area contributed by atoms with Crippen molar-refractivity contribution in [2.75, 3.05) is 13.1 Å². The molecule has 0 bridgehead atoms. The van der Waals surface area contributed by atoms with Crippen LogP contribution in [0.4, 0.5) is 4.79 Å². The maximum Gasteiger partial charge on any atom is 0.407 e. The van der Waals surface area contributed by atoms with Crippen molar-refractivity contribution in [3.63, 3.8) is 0 Å². The Balaban J connectivity index is 2.35. The Bertz CT molecular complexity index is 502. The molecule has 23 heavy (non-hydrogen) atoms. The smallest absolute Gasteiger partial charge is 0.407 e. The first kappa shape index (κ1) is 19.3. The molecule has 0 aliphatic heterocycles. The van der Waals surface area contributed by atoms with Gasteiger partial charge in [0.2, 0.25) is 0 Å². The van der Waals surface area contributed by atoms with Gasteiger partial charge in [-0.05, 0) is 47.6 Å². The zero-order chi connectivity index (χ0) is 17.5. The van der Waals surface area contributed by atoms with Crippen molar-refractivity contribution in [3.8, 4) is 5.75 Å². The molecule has 0 saturated carbocycles. The minimum absolute atomic E-state index is 0.228. The summed E-state index contributed by atoms with van der Waals surface area (Å²) < 4.78 is 11.1. The molecule has 0 atom stereocenters. The fourth-order valence-electron chi connectivity index (χ4n) is 1.87. The van der Waals surface area contributed by atoms with Crippen LogP contribution in [0, 0.1) is 0 Å². The molecule has 0 aliphatic carbocycles. The van der Waals surface area contributed by atoms with E-state index in [1.54, 1.807) is 0 Å². The van der Waals surface area contributed by atoms with Crippen molar-refractivity contribution in [3.05, 3.63) is 29.8 Å². The SMILES string of the molecule is CC(C)(C)OC(=O)NCCNCc1ccccc1OC(C)(C)C. The molecule has 0 aliphatic rings. The van der Waals surface area contributed by atoms with Gasteiger partial charge in [-0.25, -0.2) is 4.79 Å². The van der Waals surface area contributed by atoms with E-state index in [0.717, 1.165) is 11.3 Å². The fourth-order valence-corrected chi connectivity index (χ4v) is 1.87. The number of amides is 1. The summed E-state index contributed by atoms with van der Waals surface area (Å²) in [5, 5.41) is 6.02. The first-order valence-corrected chi connectivity index (χ1v) is 8.01. The fraction of sp³-hybridized carbons (Fsp3) is 0.611. The van der Waals surface area contributed by atoms with Crippen LogP contribution < -0.4 is 15.4 Å². The van der Waals surface area contributed by atoms with Crippen LogP contribution in [0.2, 0.25) is 0 Å². The number of para-hydroxylation sites is 1. The van der Waals surface area contributed by atoms with Gasteiger partial charge in [-0.15, -0.1) is 0 Å². The predicted octanol–water partition coefficient (Wildman–Crippen LogP) is 3.48. The summed E-state index contributed by atoms with van der Waals surface area (Å²) in [6, 6.07) is 7.97. The molecule has 2 N–H and O–H groups in total. The third kappa shape index (κ3) is 9.08. The molecule has 0 aromatic heterocycles. The van der Waals surface area contributed by atoms with Crippen molar-refractivity contribution in [1.29, 1.82) is 0 Å². The van der Waals surface area contributed by atoms with Gasteiger partial charge in [0.15, 0.2) is 0 Å². The number of hydrogen-bond donors (Lipinski definition) is 2. The Morgan fingerprint density at radius 3 is 2.26 bits per heavy atom.